The van der Waals surface area contributed by atoms with Crippen LogP contribution >= 0.6 is 0 Å². The number of hydrogen-bond donors (Lipinski definition) is 2. The zero-order valence-corrected chi connectivity index (χ0v) is 12.2. The van der Waals surface area contributed by atoms with Gasteiger partial charge in [0, 0.05) is 0 Å². The molecule has 15 heavy (non-hydrogen) atoms. The standard InChI is InChI=1S/C10H16O4.K.H/c11-9(12)6-8(10(13)14)7-4-2-1-3-5-7;;/h7-8H,1-6H2,(H,11,12)(H,13,14);;/q;+1;-1. The Morgan fingerprint density at radius 3 is 2.13 bits per heavy atom. The summed E-state index contributed by atoms with van der Waals surface area (Å²) in [7, 11) is 0. The first-order chi connectivity index (χ1) is 6.61. The number of hydrogen-bond acceptors (Lipinski definition) is 2. The topological polar surface area (TPSA) is 74.6 Å². The van der Waals surface area contributed by atoms with Crippen molar-refractivity contribution in [2.75, 3.05) is 0 Å². The third kappa shape index (κ3) is 5.45. The second-order valence-corrected chi connectivity index (χ2v) is 3.94. The van der Waals surface area contributed by atoms with Crippen LogP contribution in [0.15, 0.2) is 0 Å². The van der Waals surface area contributed by atoms with Gasteiger partial charge in [-0.15, -0.1) is 0 Å². The summed E-state index contributed by atoms with van der Waals surface area (Å²) in [4.78, 5) is 21.4. The van der Waals surface area contributed by atoms with Crippen LogP contribution in [0.5, 0.6) is 0 Å². The van der Waals surface area contributed by atoms with E-state index in [0.29, 0.717) is 0 Å². The fourth-order valence-electron chi connectivity index (χ4n) is 2.18. The van der Waals surface area contributed by atoms with Gasteiger partial charge >= 0.3 is 63.3 Å². The van der Waals surface area contributed by atoms with E-state index in [-0.39, 0.29) is 65.1 Å². The van der Waals surface area contributed by atoms with E-state index in [1.54, 1.807) is 0 Å². The zero-order valence-electron chi connectivity index (χ0n) is 10.1. The molecule has 0 radical (unpaired) electrons. The Hall–Kier alpha value is 0.576. The summed E-state index contributed by atoms with van der Waals surface area (Å²) in [5, 5.41) is 17.5. The van der Waals surface area contributed by atoms with Crippen molar-refractivity contribution in [2.45, 2.75) is 38.5 Å². The molecule has 82 valence electrons. The third-order valence-corrected chi connectivity index (χ3v) is 2.93. The number of aliphatic carboxylic acids is 2. The molecule has 1 rings (SSSR count). The van der Waals surface area contributed by atoms with Crippen LogP contribution in [0.2, 0.25) is 0 Å². The van der Waals surface area contributed by atoms with Crippen molar-refractivity contribution in [3.8, 4) is 0 Å². The molecule has 1 aliphatic rings. The summed E-state index contributed by atoms with van der Waals surface area (Å²) < 4.78 is 0. The maximum atomic E-state index is 10.9. The molecule has 1 atom stereocenters. The molecule has 0 aromatic heterocycles. The van der Waals surface area contributed by atoms with Crippen LogP contribution in [0.1, 0.15) is 40.0 Å². The predicted molar refractivity (Wildman–Crippen MR) is 51.1 cm³/mol. The van der Waals surface area contributed by atoms with Crippen molar-refractivity contribution in [1.29, 1.82) is 0 Å². The van der Waals surface area contributed by atoms with Crippen molar-refractivity contribution >= 4 is 11.9 Å². The van der Waals surface area contributed by atoms with Gasteiger partial charge in [-0.2, -0.15) is 0 Å². The van der Waals surface area contributed by atoms with E-state index >= 15 is 0 Å². The molecule has 2 N–H and O–H groups in total. The van der Waals surface area contributed by atoms with E-state index in [1.165, 1.54) is 0 Å². The fourth-order valence-corrected chi connectivity index (χ4v) is 2.18. The van der Waals surface area contributed by atoms with Gasteiger partial charge < -0.3 is 11.6 Å². The summed E-state index contributed by atoms with van der Waals surface area (Å²) in [6.07, 6.45) is 4.71. The van der Waals surface area contributed by atoms with Crippen molar-refractivity contribution in [2.24, 2.45) is 11.8 Å². The smallest absolute Gasteiger partial charge is 1.00 e. The number of carbonyl (C=O) groups is 2. The molecule has 1 aliphatic carbocycles. The average Bonchev–Trinajstić information content (AvgIpc) is 2.15. The van der Waals surface area contributed by atoms with E-state index in [2.05, 4.69) is 0 Å². The van der Waals surface area contributed by atoms with Crippen LogP contribution in [0.25, 0.3) is 0 Å². The van der Waals surface area contributed by atoms with E-state index < -0.39 is 17.9 Å². The van der Waals surface area contributed by atoms with Crippen LogP contribution in [0.3, 0.4) is 0 Å². The Kier molecular flexibility index (Phi) is 8.08. The first-order valence-electron chi connectivity index (χ1n) is 5.06. The van der Waals surface area contributed by atoms with Gasteiger partial charge in [0.2, 0.25) is 0 Å². The summed E-state index contributed by atoms with van der Waals surface area (Å²) in [5.74, 6) is -2.59. The van der Waals surface area contributed by atoms with Gasteiger partial charge in [-0.3, -0.25) is 9.59 Å². The van der Waals surface area contributed by atoms with E-state index in [4.69, 9.17) is 10.2 Å². The summed E-state index contributed by atoms with van der Waals surface area (Å²) in [6, 6.07) is 0. The van der Waals surface area contributed by atoms with Crippen LogP contribution < -0.4 is 51.4 Å². The van der Waals surface area contributed by atoms with E-state index in [0.717, 1.165) is 32.1 Å². The molecule has 0 amide bonds. The Morgan fingerprint density at radius 1 is 1.20 bits per heavy atom. The van der Waals surface area contributed by atoms with Crippen molar-refractivity contribution in [1.82, 2.24) is 0 Å². The van der Waals surface area contributed by atoms with Crippen LogP contribution in [0.4, 0.5) is 0 Å². The van der Waals surface area contributed by atoms with E-state index in [9.17, 15) is 9.59 Å². The second-order valence-electron chi connectivity index (χ2n) is 3.94. The van der Waals surface area contributed by atoms with Gasteiger partial charge in [0.25, 0.3) is 0 Å². The predicted octanol–water partition coefficient (Wildman–Crippen LogP) is -1.14. The van der Waals surface area contributed by atoms with Gasteiger partial charge in [0.15, 0.2) is 0 Å². The fraction of sp³-hybridized carbons (Fsp3) is 0.800. The molecule has 5 heteroatoms. The van der Waals surface area contributed by atoms with Crippen molar-refractivity contribution in [3.63, 3.8) is 0 Å². The molecular weight excluding hydrogens is 223 g/mol. The first-order valence-corrected chi connectivity index (χ1v) is 5.06. The van der Waals surface area contributed by atoms with Crippen LogP contribution in [-0.4, -0.2) is 22.2 Å². The molecule has 0 aromatic rings. The maximum Gasteiger partial charge on any atom is 1.00 e. The van der Waals surface area contributed by atoms with Crippen molar-refractivity contribution < 1.29 is 72.6 Å². The molecule has 0 bridgehead atoms. The number of rotatable bonds is 4. The van der Waals surface area contributed by atoms with Gasteiger partial charge in [0.1, 0.15) is 0 Å². The van der Waals surface area contributed by atoms with E-state index in [1.807, 2.05) is 0 Å². The molecule has 0 saturated heterocycles. The third-order valence-electron chi connectivity index (χ3n) is 2.93. The van der Waals surface area contributed by atoms with Crippen LogP contribution in [-0.2, 0) is 9.59 Å². The zero-order chi connectivity index (χ0) is 10.6. The molecule has 1 unspecified atom stereocenters. The quantitative estimate of drug-likeness (QED) is 0.609. The molecule has 0 spiro atoms. The second kappa shape index (κ2) is 7.79. The molecule has 0 heterocycles. The van der Waals surface area contributed by atoms with Crippen molar-refractivity contribution in [3.05, 3.63) is 0 Å². The molecule has 4 nitrogen and oxygen atoms in total. The SMILES string of the molecule is O=C(O)CC(C(=O)O)C1CCCCC1.[H-].[K+]. The van der Waals surface area contributed by atoms with Gasteiger partial charge in [-0.25, -0.2) is 0 Å². The summed E-state index contributed by atoms with van der Waals surface area (Å²) in [6.45, 7) is 0. The number of carboxylic acids is 2. The maximum absolute atomic E-state index is 10.9. The molecule has 1 fully saturated rings. The summed E-state index contributed by atoms with van der Waals surface area (Å²) >= 11 is 0. The van der Waals surface area contributed by atoms with Crippen LogP contribution in [0, 0.1) is 11.8 Å². The molecule has 0 aliphatic heterocycles. The molecule has 0 aromatic carbocycles. The summed E-state index contributed by atoms with van der Waals surface area (Å²) in [5.41, 5.74) is 0. The van der Waals surface area contributed by atoms with Gasteiger partial charge in [0.05, 0.1) is 12.3 Å². The Bertz CT molecular complexity index is 229. The molecular formula is C10H17KO4. The largest absolute Gasteiger partial charge is 1.00 e. The normalized spacial score (nSPS) is 18.9. The Labute approximate surface area is 133 Å². The monoisotopic (exact) mass is 240 g/mol. The minimum absolute atomic E-state index is 0. The minimum Gasteiger partial charge on any atom is -1.00 e. The number of carboxylic acid groups (broad SMARTS) is 2. The minimum atomic E-state index is -1.01. The first kappa shape index (κ1) is 15.6. The van der Waals surface area contributed by atoms with Gasteiger partial charge in [-0.1, -0.05) is 19.3 Å². The molecule has 1 saturated carbocycles. The van der Waals surface area contributed by atoms with Gasteiger partial charge in [-0.05, 0) is 18.8 Å². The Balaban J connectivity index is 0. The average molecular weight is 240 g/mol. The Morgan fingerprint density at radius 2 is 1.73 bits per heavy atom.